The van der Waals surface area contributed by atoms with E-state index in [0.717, 1.165) is 5.69 Å². The van der Waals surface area contributed by atoms with Crippen molar-refractivity contribution in [2.24, 2.45) is 0 Å². The van der Waals surface area contributed by atoms with E-state index in [1.807, 2.05) is 38.9 Å². The van der Waals surface area contributed by atoms with Crippen molar-refractivity contribution < 1.29 is 19.4 Å². The van der Waals surface area contributed by atoms with E-state index in [0.29, 0.717) is 11.1 Å². The van der Waals surface area contributed by atoms with Gasteiger partial charge in [0, 0.05) is 31.4 Å². The summed E-state index contributed by atoms with van der Waals surface area (Å²) in [6.45, 7) is 4.06. The molecule has 0 saturated heterocycles. The molecule has 0 aromatic heterocycles. The highest BCUT2D eigenvalue weighted by atomic mass is 16.5. The molecule has 0 aliphatic rings. The van der Waals surface area contributed by atoms with Gasteiger partial charge in [-0.15, -0.1) is 0 Å². The van der Waals surface area contributed by atoms with Crippen LogP contribution in [0.25, 0.3) is 0 Å². The van der Waals surface area contributed by atoms with Gasteiger partial charge in [-0.2, -0.15) is 0 Å². The number of hydrogen-bond acceptors (Lipinski definition) is 6. The number of ketones is 1. The normalized spacial score (nSPS) is 10.7. The molecule has 0 heterocycles. The number of ether oxygens (including phenoxy) is 1. The van der Waals surface area contributed by atoms with Gasteiger partial charge in [0.25, 0.3) is 0 Å². The Morgan fingerprint density at radius 1 is 1.12 bits per heavy atom. The van der Waals surface area contributed by atoms with Gasteiger partial charge in [-0.05, 0) is 36.4 Å². The number of phenols is 1. The molecule has 0 spiro atoms. The molecule has 6 nitrogen and oxygen atoms in total. The molecule has 2 rings (SSSR count). The summed E-state index contributed by atoms with van der Waals surface area (Å²) in [5.74, 6) is -0.966. The van der Waals surface area contributed by atoms with E-state index in [4.69, 9.17) is 4.74 Å². The van der Waals surface area contributed by atoms with E-state index in [2.05, 4.69) is 5.32 Å². The number of carbonyl (C=O) groups is 2. The van der Waals surface area contributed by atoms with Gasteiger partial charge in [-0.1, -0.05) is 19.9 Å². The van der Waals surface area contributed by atoms with E-state index in [1.54, 1.807) is 18.2 Å². The molecule has 0 unspecified atom stereocenters. The van der Waals surface area contributed by atoms with Crippen molar-refractivity contribution in [1.82, 2.24) is 5.32 Å². The number of aromatic hydroxyl groups is 1. The molecule has 2 aromatic carbocycles. The van der Waals surface area contributed by atoms with Gasteiger partial charge < -0.3 is 20.1 Å². The summed E-state index contributed by atoms with van der Waals surface area (Å²) >= 11 is 0. The number of carbonyl (C=O) groups excluding carboxylic acids is 2. The number of nitrogens with one attached hydrogen (secondary N) is 1. The molecule has 0 amide bonds. The first kappa shape index (κ1) is 19.5. The highest BCUT2D eigenvalue weighted by Gasteiger charge is 2.15. The maximum atomic E-state index is 12.3. The average molecular weight is 356 g/mol. The second-order valence-electron chi connectivity index (χ2n) is 6.48. The average Bonchev–Trinajstić information content (AvgIpc) is 2.61. The summed E-state index contributed by atoms with van der Waals surface area (Å²) < 4.78 is 5.26. The van der Waals surface area contributed by atoms with Crippen molar-refractivity contribution in [2.45, 2.75) is 19.9 Å². The van der Waals surface area contributed by atoms with Crippen LogP contribution in [0.5, 0.6) is 11.5 Å². The van der Waals surface area contributed by atoms with E-state index in [-0.39, 0.29) is 29.9 Å². The number of anilines is 1. The largest absolute Gasteiger partial charge is 0.504 e. The lowest BCUT2D eigenvalue weighted by Gasteiger charge is -2.13. The van der Waals surface area contributed by atoms with Crippen LogP contribution >= 0.6 is 0 Å². The summed E-state index contributed by atoms with van der Waals surface area (Å²) in [5.41, 5.74) is 1.59. The predicted octanol–water partition coefficient (Wildman–Crippen LogP) is 2.86. The highest BCUT2D eigenvalue weighted by Crippen LogP contribution is 2.28. The molecule has 2 N–H and O–H groups in total. The summed E-state index contributed by atoms with van der Waals surface area (Å²) in [5, 5.41) is 13.1. The molecular weight excluding hydrogens is 332 g/mol. The Hall–Kier alpha value is -2.86. The molecule has 0 bridgehead atoms. The third-order valence-electron chi connectivity index (χ3n) is 3.75. The minimum Gasteiger partial charge on any atom is -0.504 e. The van der Waals surface area contributed by atoms with Crippen LogP contribution in [-0.4, -0.2) is 43.5 Å². The van der Waals surface area contributed by atoms with Gasteiger partial charge in [0.1, 0.15) is 0 Å². The van der Waals surface area contributed by atoms with Crippen molar-refractivity contribution in [3.8, 4) is 11.5 Å². The lowest BCUT2D eigenvalue weighted by molar-refractivity contribution is 0.0729. The first-order chi connectivity index (χ1) is 12.3. The number of benzene rings is 2. The zero-order valence-corrected chi connectivity index (χ0v) is 15.4. The number of nitrogens with zero attached hydrogens (tertiary/aromatic N) is 1. The number of phenolic OH excluding ortho intramolecular Hbond substituents is 1. The molecule has 0 aliphatic carbocycles. The zero-order chi connectivity index (χ0) is 19.3. The Kier molecular flexibility index (Phi) is 6.36. The minimum atomic E-state index is -0.579. The molecule has 0 radical (unpaired) electrons. The second-order valence-corrected chi connectivity index (χ2v) is 6.48. The van der Waals surface area contributed by atoms with E-state index in [1.165, 1.54) is 18.2 Å². The first-order valence-electron chi connectivity index (χ1n) is 8.37. The van der Waals surface area contributed by atoms with Gasteiger partial charge in [0.2, 0.25) is 0 Å². The molecule has 0 saturated carbocycles. The van der Waals surface area contributed by atoms with Crippen molar-refractivity contribution >= 4 is 17.4 Å². The van der Waals surface area contributed by atoms with Gasteiger partial charge in [-0.3, -0.25) is 4.79 Å². The fourth-order valence-electron chi connectivity index (χ4n) is 2.25. The fourth-order valence-corrected chi connectivity index (χ4v) is 2.25. The summed E-state index contributed by atoms with van der Waals surface area (Å²) in [6, 6.07) is 11.4. The van der Waals surface area contributed by atoms with Gasteiger partial charge in [0.15, 0.2) is 17.3 Å². The van der Waals surface area contributed by atoms with Crippen molar-refractivity contribution in [2.75, 3.05) is 25.5 Å². The van der Waals surface area contributed by atoms with Gasteiger partial charge >= 0.3 is 5.97 Å². The molecule has 6 heteroatoms. The monoisotopic (exact) mass is 356 g/mol. The molecule has 0 atom stereocenters. The molecular formula is C20H24N2O4. The summed E-state index contributed by atoms with van der Waals surface area (Å²) in [6.07, 6.45) is 0. The zero-order valence-electron chi connectivity index (χ0n) is 15.4. The molecule has 2 aromatic rings. The second kappa shape index (κ2) is 8.49. The van der Waals surface area contributed by atoms with Crippen LogP contribution in [0.4, 0.5) is 5.69 Å². The SMILES string of the molecule is CC(C)NCC(=O)c1ccc(OC(=O)c2cccc(N(C)C)c2)c(O)c1. The smallest absolute Gasteiger partial charge is 0.343 e. The maximum absolute atomic E-state index is 12.3. The van der Waals surface area contributed by atoms with Crippen LogP contribution < -0.4 is 15.0 Å². The van der Waals surface area contributed by atoms with Crippen LogP contribution in [0.3, 0.4) is 0 Å². The van der Waals surface area contributed by atoms with Crippen LogP contribution in [0.2, 0.25) is 0 Å². The third kappa shape index (κ3) is 5.07. The lowest BCUT2D eigenvalue weighted by Crippen LogP contribution is -2.29. The van der Waals surface area contributed by atoms with Crippen molar-refractivity contribution in [3.05, 3.63) is 53.6 Å². The van der Waals surface area contributed by atoms with Crippen LogP contribution in [0.15, 0.2) is 42.5 Å². The number of rotatable bonds is 7. The lowest BCUT2D eigenvalue weighted by atomic mass is 10.1. The number of esters is 1. The first-order valence-corrected chi connectivity index (χ1v) is 8.37. The Labute approximate surface area is 153 Å². The van der Waals surface area contributed by atoms with Crippen LogP contribution in [-0.2, 0) is 0 Å². The fraction of sp³-hybridized carbons (Fsp3) is 0.300. The Morgan fingerprint density at radius 3 is 2.46 bits per heavy atom. The van der Waals surface area contributed by atoms with E-state index < -0.39 is 5.97 Å². The third-order valence-corrected chi connectivity index (χ3v) is 3.75. The van der Waals surface area contributed by atoms with Crippen molar-refractivity contribution in [1.29, 1.82) is 0 Å². The predicted molar refractivity (Wildman–Crippen MR) is 101 cm³/mol. The summed E-state index contributed by atoms with van der Waals surface area (Å²) in [7, 11) is 3.75. The highest BCUT2D eigenvalue weighted by molar-refractivity contribution is 5.98. The molecule has 0 fully saturated rings. The quantitative estimate of drug-likeness (QED) is 0.451. The number of Topliss-reactive ketones (excluding diaryl/α,β-unsaturated/α-hetero) is 1. The molecule has 26 heavy (non-hydrogen) atoms. The van der Waals surface area contributed by atoms with Gasteiger partial charge in [0.05, 0.1) is 12.1 Å². The van der Waals surface area contributed by atoms with E-state index >= 15 is 0 Å². The van der Waals surface area contributed by atoms with Gasteiger partial charge in [-0.25, -0.2) is 4.79 Å². The number of hydrogen-bond donors (Lipinski definition) is 2. The van der Waals surface area contributed by atoms with E-state index in [9.17, 15) is 14.7 Å². The Balaban J connectivity index is 2.11. The standard InChI is InChI=1S/C20H24N2O4/c1-13(2)21-12-18(24)14-8-9-19(17(23)11-14)26-20(25)15-6-5-7-16(10-15)22(3)4/h5-11,13,21,23H,12H2,1-4H3. The van der Waals surface area contributed by atoms with Crippen molar-refractivity contribution in [3.63, 3.8) is 0 Å². The van der Waals surface area contributed by atoms with Crippen LogP contribution in [0, 0.1) is 0 Å². The Bertz CT molecular complexity index is 800. The minimum absolute atomic E-state index is 0.0126. The topological polar surface area (TPSA) is 78.9 Å². The maximum Gasteiger partial charge on any atom is 0.343 e. The summed E-state index contributed by atoms with van der Waals surface area (Å²) in [4.78, 5) is 26.3. The van der Waals surface area contributed by atoms with Crippen LogP contribution in [0.1, 0.15) is 34.6 Å². The molecule has 0 aliphatic heterocycles. The molecule has 138 valence electrons. The Morgan fingerprint density at radius 2 is 1.85 bits per heavy atom.